The van der Waals surface area contributed by atoms with Crippen molar-refractivity contribution in [2.75, 3.05) is 5.32 Å². The standard InChI is InChI=1S/C17H19N3O4/c1-11(19-16(21)13-2-3-13)12-4-6-14(7-5-12)20-17(22)23-9-15-8-18-10-24-15/h4-8,10-11,13H,2-3,9H2,1H3,(H,19,21)(H,20,22). The van der Waals surface area contributed by atoms with Crippen molar-refractivity contribution in [2.24, 2.45) is 5.92 Å². The molecule has 1 fully saturated rings. The molecule has 1 aliphatic carbocycles. The molecule has 3 rings (SSSR count). The average molecular weight is 329 g/mol. The van der Waals surface area contributed by atoms with Gasteiger partial charge in [0.1, 0.15) is 0 Å². The van der Waals surface area contributed by atoms with E-state index in [-0.39, 0.29) is 24.5 Å². The number of hydrogen-bond acceptors (Lipinski definition) is 5. The monoisotopic (exact) mass is 329 g/mol. The smallest absolute Gasteiger partial charge is 0.412 e. The van der Waals surface area contributed by atoms with Gasteiger partial charge in [-0.15, -0.1) is 0 Å². The minimum absolute atomic E-state index is 0.0220. The molecule has 24 heavy (non-hydrogen) atoms. The molecule has 0 spiro atoms. The second kappa shape index (κ2) is 7.16. The number of amides is 2. The molecule has 126 valence electrons. The molecule has 7 heteroatoms. The number of aromatic nitrogens is 1. The van der Waals surface area contributed by atoms with Crippen LogP contribution in [0.25, 0.3) is 0 Å². The highest BCUT2D eigenvalue weighted by Crippen LogP contribution is 2.29. The summed E-state index contributed by atoms with van der Waals surface area (Å²) in [6.45, 7) is 1.96. The Morgan fingerprint density at radius 3 is 2.71 bits per heavy atom. The Labute approximate surface area is 139 Å². The van der Waals surface area contributed by atoms with Gasteiger partial charge in [-0.1, -0.05) is 12.1 Å². The minimum Gasteiger partial charge on any atom is -0.445 e. The van der Waals surface area contributed by atoms with Crippen LogP contribution in [0, 0.1) is 5.92 Å². The average Bonchev–Trinajstić information content (AvgIpc) is 3.30. The second-order valence-electron chi connectivity index (χ2n) is 5.80. The Morgan fingerprint density at radius 1 is 1.33 bits per heavy atom. The molecule has 1 aromatic heterocycles. The van der Waals surface area contributed by atoms with Crippen LogP contribution in [0.3, 0.4) is 0 Å². The number of hydrogen-bond donors (Lipinski definition) is 2. The molecule has 1 atom stereocenters. The van der Waals surface area contributed by atoms with E-state index in [1.54, 1.807) is 12.1 Å². The number of oxazole rings is 1. The largest absolute Gasteiger partial charge is 0.445 e. The van der Waals surface area contributed by atoms with Gasteiger partial charge in [0.15, 0.2) is 18.8 Å². The summed E-state index contributed by atoms with van der Waals surface area (Å²) in [5.41, 5.74) is 1.59. The normalized spacial score (nSPS) is 14.7. The zero-order valence-corrected chi connectivity index (χ0v) is 13.3. The minimum atomic E-state index is -0.575. The Bertz CT molecular complexity index is 693. The van der Waals surface area contributed by atoms with Crippen molar-refractivity contribution in [3.63, 3.8) is 0 Å². The van der Waals surface area contributed by atoms with Crippen molar-refractivity contribution in [1.29, 1.82) is 0 Å². The molecule has 1 saturated carbocycles. The second-order valence-corrected chi connectivity index (χ2v) is 5.80. The van der Waals surface area contributed by atoms with Crippen LogP contribution in [0.2, 0.25) is 0 Å². The van der Waals surface area contributed by atoms with Gasteiger partial charge in [0.2, 0.25) is 5.91 Å². The first-order valence-corrected chi connectivity index (χ1v) is 7.83. The quantitative estimate of drug-likeness (QED) is 0.849. The summed E-state index contributed by atoms with van der Waals surface area (Å²) in [5.74, 6) is 0.772. The fraction of sp³-hybridized carbons (Fsp3) is 0.353. The molecule has 1 aromatic carbocycles. The van der Waals surface area contributed by atoms with Crippen LogP contribution in [-0.2, 0) is 16.1 Å². The number of ether oxygens (including phenoxy) is 1. The van der Waals surface area contributed by atoms with Gasteiger partial charge in [-0.3, -0.25) is 10.1 Å². The van der Waals surface area contributed by atoms with Gasteiger partial charge in [-0.2, -0.15) is 0 Å². The summed E-state index contributed by atoms with van der Waals surface area (Å²) >= 11 is 0. The van der Waals surface area contributed by atoms with Crippen molar-refractivity contribution >= 4 is 17.7 Å². The molecule has 7 nitrogen and oxygen atoms in total. The summed E-state index contributed by atoms with van der Waals surface area (Å²) in [4.78, 5) is 27.2. The highest BCUT2D eigenvalue weighted by atomic mass is 16.6. The fourth-order valence-corrected chi connectivity index (χ4v) is 2.22. The topological polar surface area (TPSA) is 93.5 Å². The van der Waals surface area contributed by atoms with Crippen molar-refractivity contribution < 1.29 is 18.7 Å². The van der Waals surface area contributed by atoms with E-state index in [9.17, 15) is 9.59 Å². The van der Waals surface area contributed by atoms with Crippen LogP contribution in [0.15, 0.2) is 41.3 Å². The van der Waals surface area contributed by atoms with E-state index in [4.69, 9.17) is 9.15 Å². The predicted molar refractivity (Wildman–Crippen MR) is 86.0 cm³/mol. The molecule has 1 unspecified atom stereocenters. The number of rotatable bonds is 6. The highest BCUT2D eigenvalue weighted by Gasteiger charge is 2.30. The first kappa shape index (κ1) is 16.0. The van der Waals surface area contributed by atoms with E-state index in [1.165, 1.54) is 12.6 Å². The van der Waals surface area contributed by atoms with E-state index in [2.05, 4.69) is 15.6 Å². The van der Waals surface area contributed by atoms with Crippen molar-refractivity contribution in [3.05, 3.63) is 48.2 Å². The highest BCUT2D eigenvalue weighted by molar-refractivity contribution is 5.84. The van der Waals surface area contributed by atoms with Crippen LogP contribution >= 0.6 is 0 Å². The predicted octanol–water partition coefficient (Wildman–Crippen LogP) is 3.01. The van der Waals surface area contributed by atoms with Crippen molar-refractivity contribution in [2.45, 2.75) is 32.4 Å². The van der Waals surface area contributed by atoms with Crippen LogP contribution in [0.1, 0.15) is 37.1 Å². The van der Waals surface area contributed by atoms with E-state index >= 15 is 0 Å². The Morgan fingerprint density at radius 2 is 2.08 bits per heavy atom. The third-order valence-electron chi connectivity index (χ3n) is 3.79. The lowest BCUT2D eigenvalue weighted by atomic mass is 10.1. The third kappa shape index (κ3) is 4.34. The number of carbonyl (C=O) groups excluding carboxylic acids is 2. The third-order valence-corrected chi connectivity index (χ3v) is 3.79. The van der Waals surface area contributed by atoms with Gasteiger partial charge in [-0.25, -0.2) is 9.78 Å². The maximum Gasteiger partial charge on any atom is 0.412 e. The van der Waals surface area contributed by atoms with Crippen molar-refractivity contribution in [1.82, 2.24) is 10.3 Å². The van der Waals surface area contributed by atoms with Gasteiger partial charge in [0, 0.05) is 11.6 Å². The maximum absolute atomic E-state index is 11.8. The molecule has 0 radical (unpaired) electrons. The first-order valence-electron chi connectivity index (χ1n) is 7.83. The molecule has 2 amide bonds. The summed E-state index contributed by atoms with van der Waals surface area (Å²) in [7, 11) is 0. The lowest BCUT2D eigenvalue weighted by molar-refractivity contribution is -0.122. The molecule has 1 heterocycles. The Hall–Kier alpha value is -2.83. The molecule has 0 bridgehead atoms. The summed E-state index contributed by atoms with van der Waals surface area (Å²) in [6.07, 6.45) is 4.15. The Kier molecular flexibility index (Phi) is 4.79. The Balaban J connectivity index is 1.48. The van der Waals surface area contributed by atoms with E-state index < -0.39 is 6.09 Å². The molecule has 0 saturated heterocycles. The van der Waals surface area contributed by atoms with Gasteiger partial charge in [0.25, 0.3) is 0 Å². The number of nitrogens with one attached hydrogen (secondary N) is 2. The molecule has 0 aliphatic heterocycles. The molecule has 2 N–H and O–H groups in total. The number of benzene rings is 1. The van der Waals surface area contributed by atoms with Gasteiger partial charge in [-0.05, 0) is 37.5 Å². The number of nitrogens with zero attached hydrogens (tertiary/aromatic N) is 1. The molecule has 2 aromatic rings. The maximum atomic E-state index is 11.8. The zero-order chi connectivity index (χ0) is 16.9. The number of carbonyl (C=O) groups is 2. The molecular weight excluding hydrogens is 310 g/mol. The SMILES string of the molecule is CC(NC(=O)C1CC1)c1ccc(NC(=O)OCc2cnco2)cc1. The van der Waals surface area contributed by atoms with Gasteiger partial charge in [0.05, 0.1) is 12.2 Å². The molecule has 1 aliphatic rings. The van der Waals surface area contributed by atoms with Gasteiger partial charge >= 0.3 is 6.09 Å². The first-order chi connectivity index (χ1) is 11.6. The number of anilines is 1. The van der Waals surface area contributed by atoms with E-state index in [1.807, 2.05) is 19.1 Å². The van der Waals surface area contributed by atoms with E-state index in [0.717, 1.165) is 18.4 Å². The zero-order valence-electron chi connectivity index (χ0n) is 13.3. The lowest BCUT2D eigenvalue weighted by Gasteiger charge is -2.14. The van der Waals surface area contributed by atoms with Crippen LogP contribution < -0.4 is 10.6 Å². The van der Waals surface area contributed by atoms with E-state index in [0.29, 0.717) is 11.4 Å². The van der Waals surface area contributed by atoms with Gasteiger partial charge < -0.3 is 14.5 Å². The van der Waals surface area contributed by atoms with Crippen LogP contribution in [-0.4, -0.2) is 17.0 Å². The summed E-state index contributed by atoms with van der Waals surface area (Å²) in [5, 5.41) is 5.62. The van der Waals surface area contributed by atoms with Crippen LogP contribution in [0.5, 0.6) is 0 Å². The molecular formula is C17H19N3O4. The fourth-order valence-electron chi connectivity index (χ4n) is 2.22. The van der Waals surface area contributed by atoms with Crippen molar-refractivity contribution in [3.8, 4) is 0 Å². The summed E-state index contributed by atoms with van der Waals surface area (Å²) < 4.78 is 9.99. The summed E-state index contributed by atoms with van der Waals surface area (Å²) in [6, 6.07) is 7.20. The van der Waals surface area contributed by atoms with Crippen LogP contribution in [0.4, 0.5) is 10.5 Å². The lowest BCUT2D eigenvalue weighted by Crippen LogP contribution is -2.27.